The molecule has 0 N–H and O–H groups in total. The van der Waals surface area contributed by atoms with Crippen molar-refractivity contribution in [2.45, 2.75) is 32.2 Å². The van der Waals surface area contributed by atoms with Crippen LogP contribution in [0.4, 0.5) is 5.82 Å². The third-order valence-corrected chi connectivity index (χ3v) is 4.30. The average molecular weight is 249 g/mol. The zero-order valence-corrected chi connectivity index (χ0v) is 10.8. The largest absolute Gasteiger partial charge is 0.350 e. The van der Waals surface area contributed by atoms with Gasteiger partial charge in [0, 0.05) is 23.7 Å². The third kappa shape index (κ3) is 1.49. The van der Waals surface area contributed by atoms with Crippen molar-refractivity contribution in [3.05, 3.63) is 17.3 Å². The quantitative estimate of drug-likeness (QED) is 0.768. The molecular weight excluding hydrogens is 234 g/mol. The molecule has 0 saturated carbocycles. The lowest BCUT2D eigenvalue weighted by atomic mass is 10.0. The first-order chi connectivity index (χ1) is 8.13. The number of aromatic nitrogens is 2. The summed E-state index contributed by atoms with van der Waals surface area (Å²) in [5, 5.41) is 1.95. The van der Waals surface area contributed by atoms with Crippen LogP contribution < -0.4 is 4.90 Å². The molecule has 0 spiro atoms. The predicted molar refractivity (Wildman–Crippen MR) is 69.1 cm³/mol. The highest BCUT2D eigenvalue weighted by Gasteiger charge is 2.35. The van der Waals surface area contributed by atoms with Crippen molar-refractivity contribution in [2.24, 2.45) is 0 Å². The van der Waals surface area contributed by atoms with E-state index in [1.165, 1.54) is 0 Å². The minimum Gasteiger partial charge on any atom is -0.350 e. The Morgan fingerprint density at radius 1 is 1.53 bits per heavy atom. The van der Waals surface area contributed by atoms with Gasteiger partial charge >= 0.3 is 0 Å². The van der Waals surface area contributed by atoms with Crippen molar-refractivity contribution in [1.29, 1.82) is 0 Å². The molecule has 0 aromatic carbocycles. The molecule has 2 aromatic rings. The maximum Gasteiger partial charge on any atom is 0.196 e. The molecule has 0 amide bonds. The summed E-state index contributed by atoms with van der Waals surface area (Å²) in [6, 6.07) is 0. The van der Waals surface area contributed by atoms with Crippen LogP contribution >= 0.6 is 11.3 Å². The highest BCUT2D eigenvalue weighted by atomic mass is 32.1. The molecule has 3 rings (SSSR count). The van der Waals surface area contributed by atoms with Crippen molar-refractivity contribution >= 4 is 28.4 Å². The number of aldehydes is 1. The van der Waals surface area contributed by atoms with Crippen LogP contribution in [0.5, 0.6) is 0 Å². The zero-order valence-electron chi connectivity index (χ0n) is 10.0. The number of fused-ring (bicyclic) bond motifs is 1. The summed E-state index contributed by atoms with van der Waals surface area (Å²) in [6.07, 6.45) is 5.13. The summed E-state index contributed by atoms with van der Waals surface area (Å²) >= 11 is 1.56. The fourth-order valence-electron chi connectivity index (χ4n) is 2.60. The van der Waals surface area contributed by atoms with E-state index < -0.39 is 0 Å². The minimum atomic E-state index is 0.0990. The van der Waals surface area contributed by atoms with Crippen LogP contribution in [0.25, 0.3) is 4.96 Å². The van der Waals surface area contributed by atoms with Gasteiger partial charge in [0.05, 0.1) is 0 Å². The first-order valence-corrected chi connectivity index (χ1v) is 6.70. The summed E-state index contributed by atoms with van der Waals surface area (Å²) in [5.41, 5.74) is 0.776. The Hall–Kier alpha value is -1.36. The van der Waals surface area contributed by atoms with E-state index in [1.807, 2.05) is 16.0 Å². The molecule has 3 heterocycles. The van der Waals surface area contributed by atoms with E-state index >= 15 is 0 Å². The van der Waals surface area contributed by atoms with E-state index in [1.54, 1.807) is 11.3 Å². The molecule has 4 nitrogen and oxygen atoms in total. The number of nitrogens with zero attached hydrogens (tertiary/aromatic N) is 3. The molecule has 0 atom stereocenters. The molecular formula is C12H15N3OS. The van der Waals surface area contributed by atoms with Crippen molar-refractivity contribution in [1.82, 2.24) is 9.38 Å². The van der Waals surface area contributed by atoms with Gasteiger partial charge < -0.3 is 4.90 Å². The molecule has 0 radical (unpaired) electrons. The SMILES string of the molecule is CC1(C)CCCN1c1nc2sccn2c1C=O. The third-order valence-electron chi connectivity index (χ3n) is 3.55. The van der Waals surface area contributed by atoms with Crippen LogP contribution in [-0.2, 0) is 0 Å². The van der Waals surface area contributed by atoms with E-state index in [2.05, 4.69) is 23.7 Å². The molecule has 1 aliphatic rings. The van der Waals surface area contributed by atoms with Crippen LogP contribution in [0.15, 0.2) is 11.6 Å². The molecule has 17 heavy (non-hydrogen) atoms. The Bertz CT molecular complexity index is 569. The van der Waals surface area contributed by atoms with Gasteiger partial charge in [-0.1, -0.05) is 0 Å². The molecule has 5 heteroatoms. The Morgan fingerprint density at radius 3 is 3.00 bits per heavy atom. The Balaban J connectivity index is 2.16. The van der Waals surface area contributed by atoms with Crippen LogP contribution in [-0.4, -0.2) is 27.8 Å². The summed E-state index contributed by atoms with van der Waals surface area (Å²) in [4.78, 5) is 19.0. The van der Waals surface area contributed by atoms with Crippen LogP contribution in [0.2, 0.25) is 0 Å². The summed E-state index contributed by atoms with van der Waals surface area (Å²) in [7, 11) is 0. The van der Waals surface area contributed by atoms with Crippen molar-refractivity contribution in [3.63, 3.8) is 0 Å². The highest BCUT2D eigenvalue weighted by Crippen LogP contribution is 2.35. The van der Waals surface area contributed by atoms with Gasteiger partial charge in [0.2, 0.25) is 0 Å². The van der Waals surface area contributed by atoms with E-state index in [-0.39, 0.29) is 5.54 Å². The van der Waals surface area contributed by atoms with Gasteiger partial charge in [0.15, 0.2) is 17.1 Å². The second kappa shape index (κ2) is 3.57. The predicted octanol–water partition coefficient (Wildman–Crippen LogP) is 2.59. The normalized spacial score (nSPS) is 19.1. The first kappa shape index (κ1) is 10.8. The molecule has 2 aromatic heterocycles. The fraction of sp³-hybridized carbons (Fsp3) is 0.500. The van der Waals surface area contributed by atoms with Crippen molar-refractivity contribution in [3.8, 4) is 0 Å². The number of imidazole rings is 1. The summed E-state index contributed by atoms with van der Waals surface area (Å²) in [5.74, 6) is 0.842. The van der Waals surface area contributed by atoms with Gasteiger partial charge in [-0.25, -0.2) is 4.98 Å². The summed E-state index contributed by atoms with van der Waals surface area (Å²) < 4.78 is 1.88. The number of carbonyl (C=O) groups excluding carboxylic acids is 1. The maximum atomic E-state index is 11.3. The minimum absolute atomic E-state index is 0.0990. The highest BCUT2D eigenvalue weighted by molar-refractivity contribution is 7.15. The molecule has 0 bridgehead atoms. The molecule has 0 unspecified atom stereocenters. The van der Waals surface area contributed by atoms with Gasteiger partial charge in [-0.15, -0.1) is 11.3 Å². The second-order valence-corrected chi connectivity index (χ2v) is 5.93. The lowest BCUT2D eigenvalue weighted by molar-refractivity contribution is 0.111. The number of hydrogen-bond donors (Lipinski definition) is 0. The zero-order chi connectivity index (χ0) is 12.0. The molecule has 0 aliphatic carbocycles. The van der Waals surface area contributed by atoms with E-state index in [9.17, 15) is 4.79 Å². The lowest BCUT2D eigenvalue weighted by Gasteiger charge is -2.32. The molecule has 1 fully saturated rings. The second-order valence-electron chi connectivity index (χ2n) is 5.06. The van der Waals surface area contributed by atoms with Gasteiger partial charge in [-0.2, -0.15) is 0 Å². The molecule has 1 saturated heterocycles. The van der Waals surface area contributed by atoms with Crippen LogP contribution in [0.1, 0.15) is 37.2 Å². The van der Waals surface area contributed by atoms with Crippen LogP contribution in [0, 0.1) is 0 Å². The monoisotopic (exact) mass is 249 g/mol. The number of hydrogen-bond acceptors (Lipinski definition) is 4. The number of rotatable bonds is 2. The standard InChI is InChI=1S/C12H15N3OS/c1-12(2)4-3-5-15(12)10-9(8-16)14-6-7-17-11(14)13-10/h6-8H,3-5H2,1-2H3. The first-order valence-electron chi connectivity index (χ1n) is 5.82. The van der Waals surface area contributed by atoms with Crippen molar-refractivity contribution in [2.75, 3.05) is 11.4 Å². The number of thiazole rings is 1. The van der Waals surface area contributed by atoms with Gasteiger partial charge in [0.1, 0.15) is 5.69 Å². The maximum absolute atomic E-state index is 11.3. The van der Waals surface area contributed by atoms with Gasteiger partial charge in [0.25, 0.3) is 0 Å². The number of anilines is 1. The summed E-state index contributed by atoms with van der Waals surface area (Å²) in [6.45, 7) is 5.41. The fourth-order valence-corrected chi connectivity index (χ4v) is 3.32. The average Bonchev–Trinajstić information content (AvgIpc) is 2.89. The number of carbonyl (C=O) groups is 1. The van der Waals surface area contributed by atoms with E-state index in [0.29, 0.717) is 5.69 Å². The van der Waals surface area contributed by atoms with Crippen LogP contribution in [0.3, 0.4) is 0 Å². The smallest absolute Gasteiger partial charge is 0.196 e. The van der Waals surface area contributed by atoms with E-state index in [0.717, 1.165) is 36.5 Å². The molecule has 90 valence electrons. The Kier molecular flexibility index (Phi) is 2.26. The van der Waals surface area contributed by atoms with Gasteiger partial charge in [-0.05, 0) is 26.7 Å². The Morgan fingerprint density at radius 2 is 2.35 bits per heavy atom. The molecule has 1 aliphatic heterocycles. The topological polar surface area (TPSA) is 37.6 Å². The lowest BCUT2D eigenvalue weighted by Crippen LogP contribution is -2.39. The van der Waals surface area contributed by atoms with E-state index in [4.69, 9.17) is 0 Å². The van der Waals surface area contributed by atoms with Crippen molar-refractivity contribution < 1.29 is 4.79 Å². The Labute approximate surface area is 104 Å². The van der Waals surface area contributed by atoms with Gasteiger partial charge in [-0.3, -0.25) is 9.20 Å².